The molecule has 0 radical (unpaired) electrons. The Morgan fingerprint density at radius 1 is 0.258 bits per heavy atom. The molecule has 0 saturated heterocycles. The van der Waals surface area contributed by atoms with Crippen LogP contribution >= 0.6 is 0 Å². The quantitative estimate of drug-likeness (QED) is 0.0344. The lowest BCUT2D eigenvalue weighted by molar-refractivity contribution is 0.539. The number of anilines is 2. The zero-order valence-electron chi connectivity index (χ0n) is 43.0. The predicted octanol–water partition coefficient (Wildman–Crippen LogP) is 20.2. The minimum atomic E-state index is 0.465. The van der Waals surface area contributed by atoms with E-state index in [0.717, 1.165) is 11.4 Å². The van der Waals surface area contributed by atoms with Crippen molar-refractivity contribution in [2.24, 2.45) is 0 Å². The van der Waals surface area contributed by atoms with Crippen LogP contribution in [0.2, 0.25) is 0 Å². The van der Waals surface area contributed by atoms with Crippen LogP contribution in [0.5, 0.6) is 0 Å². The summed E-state index contributed by atoms with van der Waals surface area (Å²) in [5, 5.41) is 0. The predicted molar refractivity (Wildman–Crippen MR) is 294 cm³/mol. The summed E-state index contributed by atoms with van der Waals surface area (Å²) in [6, 6.07) is 36.7. The fourth-order valence-corrected chi connectivity index (χ4v) is 10.4. The van der Waals surface area contributed by atoms with E-state index in [4.69, 9.17) is 11.5 Å². The highest BCUT2D eigenvalue weighted by molar-refractivity contribution is 5.44. The molecule has 4 rings (SSSR count). The van der Waals surface area contributed by atoms with Crippen molar-refractivity contribution < 1.29 is 0 Å². The number of hydrogen-bond acceptors (Lipinski definition) is 2. The maximum Gasteiger partial charge on any atom is 0.0314 e. The lowest BCUT2D eigenvalue weighted by Crippen LogP contribution is -2.02. The van der Waals surface area contributed by atoms with E-state index >= 15 is 0 Å². The third-order valence-electron chi connectivity index (χ3n) is 14.8. The maximum atomic E-state index is 6.07. The standard InChI is InChI=1S/C64H100N2/c1-3-5-7-9-11-13-21-25-29-33-37-63(59-47-51-61(65)52-48-59)57-43-39-55(40-44-57)35-31-27-23-19-17-15-16-18-20-24-28-32-36-56-41-45-58(46-42-56)64(60-49-53-62(66)54-50-60)38-34-30-26-22-14-12-10-8-6-4-2/h39-54,63-64H,3-38,65-66H2,1-2H3. The first-order valence-corrected chi connectivity index (χ1v) is 28.5. The van der Waals surface area contributed by atoms with Crippen molar-refractivity contribution >= 4 is 11.4 Å². The minimum absolute atomic E-state index is 0.465. The maximum absolute atomic E-state index is 6.07. The molecule has 2 unspecified atom stereocenters. The van der Waals surface area contributed by atoms with Gasteiger partial charge in [-0.15, -0.1) is 0 Å². The molecule has 0 aromatic heterocycles. The average Bonchev–Trinajstić information content (AvgIpc) is 3.34. The minimum Gasteiger partial charge on any atom is -0.399 e. The van der Waals surface area contributed by atoms with Crippen LogP contribution in [0.15, 0.2) is 97.1 Å². The molecule has 66 heavy (non-hydrogen) atoms. The molecule has 2 nitrogen and oxygen atoms in total. The molecule has 0 aliphatic heterocycles. The van der Waals surface area contributed by atoms with Crippen molar-refractivity contribution in [1.29, 1.82) is 0 Å². The van der Waals surface area contributed by atoms with E-state index in [1.165, 1.54) is 265 Å². The van der Waals surface area contributed by atoms with Gasteiger partial charge in [-0.2, -0.15) is 0 Å². The summed E-state index contributed by atoms with van der Waals surface area (Å²) in [6.45, 7) is 4.60. The summed E-state index contributed by atoms with van der Waals surface area (Å²) >= 11 is 0. The van der Waals surface area contributed by atoms with Crippen LogP contribution in [0.4, 0.5) is 11.4 Å². The van der Waals surface area contributed by atoms with Gasteiger partial charge in [-0.05, 0) is 96.2 Å². The van der Waals surface area contributed by atoms with Crippen molar-refractivity contribution in [3.63, 3.8) is 0 Å². The van der Waals surface area contributed by atoms with Crippen molar-refractivity contribution in [2.75, 3.05) is 11.5 Å². The largest absolute Gasteiger partial charge is 0.399 e. The number of unbranched alkanes of at least 4 members (excludes halogenated alkanes) is 29. The van der Waals surface area contributed by atoms with Crippen LogP contribution < -0.4 is 11.5 Å². The Labute approximate surface area is 408 Å². The van der Waals surface area contributed by atoms with Gasteiger partial charge in [-0.3, -0.25) is 0 Å². The number of hydrogen-bond donors (Lipinski definition) is 2. The monoisotopic (exact) mass is 897 g/mol. The van der Waals surface area contributed by atoms with Crippen molar-refractivity contribution in [3.8, 4) is 0 Å². The molecule has 2 atom stereocenters. The topological polar surface area (TPSA) is 52.0 Å². The van der Waals surface area contributed by atoms with Gasteiger partial charge in [-0.1, -0.05) is 279 Å². The molecule has 0 aliphatic carbocycles. The SMILES string of the molecule is CCCCCCCCCCCCC(c1ccc(N)cc1)c1ccc(CCCCCCCCCCCCCCc2ccc(C(CCCCCCCCCCCC)c3ccc(N)cc3)cc2)cc1. The van der Waals surface area contributed by atoms with Gasteiger partial charge in [0.05, 0.1) is 0 Å². The summed E-state index contributed by atoms with van der Waals surface area (Å²) in [4.78, 5) is 0. The summed E-state index contributed by atoms with van der Waals surface area (Å²) in [7, 11) is 0. The molecule has 4 aromatic carbocycles. The van der Waals surface area contributed by atoms with Crippen LogP contribution in [-0.4, -0.2) is 0 Å². The Hall–Kier alpha value is -3.52. The molecular formula is C64H100N2. The molecule has 0 spiro atoms. The summed E-state index contributed by atoms with van der Waals surface area (Å²) in [6.07, 6.45) is 49.2. The normalized spacial score (nSPS) is 12.5. The Bertz CT molecular complexity index is 1560. The van der Waals surface area contributed by atoms with Gasteiger partial charge >= 0.3 is 0 Å². The smallest absolute Gasteiger partial charge is 0.0314 e. The van der Waals surface area contributed by atoms with E-state index in [1.807, 2.05) is 0 Å². The van der Waals surface area contributed by atoms with Gasteiger partial charge in [0, 0.05) is 23.2 Å². The number of nitrogens with two attached hydrogens (primary N) is 2. The molecule has 4 aromatic rings. The van der Waals surface area contributed by atoms with Gasteiger partial charge in [-0.25, -0.2) is 0 Å². The van der Waals surface area contributed by atoms with E-state index in [2.05, 4.69) is 111 Å². The number of aryl methyl sites for hydroxylation is 2. The Kier molecular flexibility index (Phi) is 30.5. The first kappa shape index (κ1) is 55.1. The van der Waals surface area contributed by atoms with Crippen LogP contribution in [0.25, 0.3) is 0 Å². The highest BCUT2D eigenvalue weighted by Crippen LogP contribution is 2.33. The summed E-state index contributed by atoms with van der Waals surface area (Å²) in [5.74, 6) is 0.931. The molecule has 0 aliphatic rings. The number of benzene rings is 4. The second-order valence-electron chi connectivity index (χ2n) is 20.6. The third-order valence-corrected chi connectivity index (χ3v) is 14.8. The fourth-order valence-electron chi connectivity index (χ4n) is 10.4. The van der Waals surface area contributed by atoms with Crippen molar-refractivity contribution in [1.82, 2.24) is 0 Å². The zero-order chi connectivity index (χ0) is 46.5. The second kappa shape index (κ2) is 36.5. The van der Waals surface area contributed by atoms with Crippen LogP contribution in [0.3, 0.4) is 0 Å². The van der Waals surface area contributed by atoms with Gasteiger partial charge in [0.2, 0.25) is 0 Å². The highest BCUT2D eigenvalue weighted by atomic mass is 14.5. The molecule has 4 N–H and O–H groups in total. The molecule has 0 heterocycles. The lowest BCUT2D eigenvalue weighted by Gasteiger charge is -2.19. The molecule has 2 heteroatoms. The third kappa shape index (κ3) is 24.5. The van der Waals surface area contributed by atoms with Gasteiger partial charge in [0.25, 0.3) is 0 Å². The molecule has 366 valence electrons. The first-order chi connectivity index (χ1) is 32.6. The summed E-state index contributed by atoms with van der Waals surface area (Å²) in [5.41, 5.74) is 22.6. The first-order valence-electron chi connectivity index (χ1n) is 28.5. The lowest BCUT2D eigenvalue weighted by atomic mass is 9.86. The van der Waals surface area contributed by atoms with E-state index in [-0.39, 0.29) is 0 Å². The van der Waals surface area contributed by atoms with Crippen molar-refractivity contribution in [2.45, 2.75) is 257 Å². The van der Waals surface area contributed by atoms with Crippen LogP contribution in [-0.2, 0) is 12.8 Å². The molecule has 0 fully saturated rings. The average molecular weight is 898 g/mol. The van der Waals surface area contributed by atoms with Gasteiger partial charge in [0.15, 0.2) is 0 Å². The van der Waals surface area contributed by atoms with Gasteiger partial charge in [0.1, 0.15) is 0 Å². The highest BCUT2D eigenvalue weighted by Gasteiger charge is 2.16. The Balaban J connectivity index is 1.01. The summed E-state index contributed by atoms with van der Waals surface area (Å²) < 4.78 is 0. The molecule has 0 bridgehead atoms. The van der Waals surface area contributed by atoms with E-state index in [9.17, 15) is 0 Å². The Morgan fingerprint density at radius 3 is 0.727 bits per heavy atom. The molecule has 0 saturated carbocycles. The molecular weight excluding hydrogens is 797 g/mol. The van der Waals surface area contributed by atoms with E-state index in [0.29, 0.717) is 11.8 Å². The van der Waals surface area contributed by atoms with E-state index in [1.54, 1.807) is 0 Å². The van der Waals surface area contributed by atoms with Gasteiger partial charge < -0.3 is 11.5 Å². The Morgan fingerprint density at radius 2 is 0.470 bits per heavy atom. The number of nitrogen functional groups attached to an aromatic ring is 2. The van der Waals surface area contributed by atoms with E-state index < -0.39 is 0 Å². The van der Waals surface area contributed by atoms with Crippen molar-refractivity contribution in [3.05, 3.63) is 130 Å². The van der Waals surface area contributed by atoms with Crippen LogP contribution in [0, 0.1) is 0 Å². The molecule has 0 amide bonds. The fraction of sp³-hybridized carbons (Fsp3) is 0.625. The second-order valence-corrected chi connectivity index (χ2v) is 20.6. The van der Waals surface area contributed by atoms with Crippen LogP contribution in [0.1, 0.15) is 277 Å². The zero-order valence-corrected chi connectivity index (χ0v) is 43.0. The number of rotatable bonds is 41.